The summed E-state index contributed by atoms with van der Waals surface area (Å²) in [4.78, 5) is 11.2. The van der Waals surface area contributed by atoms with Crippen LogP contribution in [0.25, 0.3) is 0 Å². The second kappa shape index (κ2) is 8.92. The minimum Gasteiger partial charge on any atom is -0.352 e. The predicted molar refractivity (Wildman–Crippen MR) is 62.3 cm³/mol. The fourth-order valence-electron chi connectivity index (χ4n) is 0.910. The molecular formula is C10H18N2OS. The molecule has 0 aromatic heterocycles. The molecule has 4 heteroatoms. The van der Waals surface area contributed by atoms with Crippen molar-refractivity contribution in [3.8, 4) is 12.3 Å². The van der Waals surface area contributed by atoms with E-state index in [1.807, 2.05) is 18.7 Å². The van der Waals surface area contributed by atoms with Crippen LogP contribution in [0.1, 0.15) is 13.8 Å². The monoisotopic (exact) mass is 214 g/mol. The Morgan fingerprint density at radius 1 is 1.64 bits per heavy atom. The summed E-state index contributed by atoms with van der Waals surface area (Å²) in [5, 5.41) is 5.72. The van der Waals surface area contributed by atoms with Gasteiger partial charge in [-0.3, -0.25) is 10.1 Å². The maximum Gasteiger partial charge on any atom is 0.234 e. The Hall–Kier alpha value is -0.660. The molecule has 14 heavy (non-hydrogen) atoms. The van der Waals surface area contributed by atoms with Gasteiger partial charge in [-0.2, -0.15) is 11.8 Å². The zero-order chi connectivity index (χ0) is 10.8. The molecule has 0 heterocycles. The molecule has 0 saturated carbocycles. The quantitative estimate of drug-likeness (QED) is 0.478. The first-order chi connectivity index (χ1) is 6.70. The number of carbonyl (C=O) groups is 1. The van der Waals surface area contributed by atoms with Gasteiger partial charge >= 0.3 is 0 Å². The predicted octanol–water partition coefficient (Wildman–Crippen LogP) is 0.467. The Balaban J connectivity index is 3.46. The Morgan fingerprint density at radius 3 is 2.93 bits per heavy atom. The Bertz CT molecular complexity index is 201. The molecule has 0 bridgehead atoms. The first kappa shape index (κ1) is 13.3. The largest absolute Gasteiger partial charge is 0.352 e. The summed E-state index contributed by atoms with van der Waals surface area (Å²) >= 11 is 1.82. The summed E-state index contributed by atoms with van der Waals surface area (Å²) in [6.45, 7) is 4.84. The lowest BCUT2D eigenvalue weighted by Crippen LogP contribution is -2.40. The highest BCUT2D eigenvalue weighted by Crippen LogP contribution is 2.00. The van der Waals surface area contributed by atoms with Crippen molar-refractivity contribution in [1.82, 2.24) is 10.6 Å². The third-order valence-electron chi connectivity index (χ3n) is 1.49. The molecule has 0 rings (SSSR count). The first-order valence-corrected chi connectivity index (χ1v) is 5.87. The van der Waals surface area contributed by atoms with Gasteiger partial charge in [-0.15, -0.1) is 6.42 Å². The van der Waals surface area contributed by atoms with Crippen LogP contribution in [0.3, 0.4) is 0 Å². The van der Waals surface area contributed by atoms with Gasteiger partial charge in [0.15, 0.2) is 0 Å². The maximum atomic E-state index is 11.2. The molecule has 1 amide bonds. The number of carbonyl (C=O) groups excluding carboxylic acids is 1. The number of nitrogens with one attached hydrogen (secondary N) is 2. The summed E-state index contributed by atoms with van der Waals surface area (Å²) in [5.41, 5.74) is 0. The standard InChI is InChI=1S/C10H18N2OS/c1-4-6-11-7-10(13)12-9(3)8-14-5-2/h1,9,11H,5-8H2,2-3H3,(H,12,13). The normalized spacial score (nSPS) is 11.8. The van der Waals surface area contributed by atoms with E-state index in [1.165, 1.54) is 0 Å². The molecule has 0 saturated heterocycles. The average Bonchev–Trinajstić information content (AvgIpc) is 2.15. The van der Waals surface area contributed by atoms with Crippen molar-refractivity contribution in [2.75, 3.05) is 24.6 Å². The van der Waals surface area contributed by atoms with Crippen LogP contribution in [0.5, 0.6) is 0 Å². The van der Waals surface area contributed by atoms with Crippen LogP contribution in [0.2, 0.25) is 0 Å². The van der Waals surface area contributed by atoms with Crippen LogP contribution in [0.4, 0.5) is 0 Å². The molecule has 0 spiro atoms. The van der Waals surface area contributed by atoms with Crippen LogP contribution in [0, 0.1) is 12.3 Å². The first-order valence-electron chi connectivity index (χ1n) is 4.72. The molecule has 2 N–H and O–H groups in total. The van der Waals surface area contributed by atoms with E-state index in [9.17, 15) is 4.79 Å². The van der Waals surface area contributed by atoms with E-state index in [4.69, 9.17) is 6.42 Å². The molecule has 0 fully saturated rings. The smallest absolute Gasteiger partial charge is 0.234 e. The van der Waals surface area contributed by atoms with Crippen molar-refractivity contribution >= 4 is 17.7 Å². The van der Waals surface area contributed by atoms with Gasteiger partial charge < -0.3 is 5.32 Å². The van der Waals surface area contributed by atoms with Crippen molar-refractivity contribution < 1.29 is 4.79 Å². The average molecular weight is 214 g/mol. The van der Waals surface area contributed by atoms with Gasteiger partial charge in [0.1, 0.15) is 0 Å². The second-order valence-electron chi connectivity index (χ2n) is 2.94. The SMILES string of the molecule is C#CCNCC(=O)NC(C)CSCC. The number of thioether (sulfide) groups is 1. The number of rotatable bonds is 7. The number of hydrogen-bond acceptors (Lipinski definition) is 3. The Kier molecular flexibility index (Phi) is 8.50. The zero-order valence-corrected chi connectivity index (χ0v) is 9.62. The molecule has 0 aromatic carbocycles. The van der Waals surface area contributed by atoms with Crippen LogP contribution < -0.4 is 10.6 Å². The highest BCUT2D eigenvalue weighted by atomic mass is 32.2. The van der Waals surface area contributed by atoms with Crippen molar-refractivity contribution in [1.29, 1.82) is 0 Å². The van der Waals surface area contributed by atoms with Crippen LogP contribution in [-0.4, -0.2) is 36.5 Å². The van der Waals surface area contributed by atoms with Crippen molar-refractivity contribution in [2.24, 2.45) is 0 Å². The van der Waals surface area contributed by atoms with Crippen molar-refractivity contribution in [3.05, 3.63) is 0 Å². The Labute approximate surface area is 90.4 Å². The zero-order valence-electron chi connectivity index (χ0n) is 8.80. The Morgan fingerprint density at radius 2 is 2.36 bits per heavy atom. The van der Waals surface area contributed by atoms with E-state index < -0.39 is 0 Å². The molecule has 3 nitrogen and oxygen atoms in total. The highest BCUT2D eigenvalue weighted by Gasteiger charge is 2.05. The lowest BCUT2D eigenvalue weighted by atomic mass is 10.4. The van der Waals surface area contributed by atoms with Crippen molar-refractivity contribution in [3.63, 3.8) is 0 Å². The molecule has 0 radical (unpaired) electrons. The molecule has 0 aliphatic heterocycles. The van der Waals surface area contributed by atoms with E-state index in [0.29, 0.717) is 13.1 Å². The molecule has 0 aromatic rings. The van der Waals surface area contributed by atoms with Gasteiger partial charge in [-0.25, -0.2) is 0 Å². The number of terminal acetylenes is 1. The van der Waals surface area contributed by atoms with E-state index in [-0.39, 0.29) is 11.9 Å². The topological polar surface area (TPSA) is 41.1 Å². The summed E-state index contributed by atoms with van der Waals surface area (Å²) in [6, 6.07) is 0.222. The van der Waals surface area contributed by atoms with E-state index in [0.717, 1.165) is 11.5 Å². The summed E-state index contributed by atoms with van der Waals surface area (Å²) in [7, 11) is 0. The van der Waals surface area contributed by atoms with Gasteiger partial charge in [0.2, 0.25) is 5.91 Å². The molecule has 0 aliphatic rings. The lowest BCUT2D eigenvalue weighted by molar-refractivity contribution is -0.120. The summed E-state index contributed by atoms with van der Waals surface area (Å²) < 4.78 is 0. The fraction of sp³-hybridized carbons (Fsp3) is 0.700. The van der Waals surface area contributed by atoms with Crippen molar-refractivity contribution in [2.45, 2.75) is 19.9 Å². The van der Waals surface area contributed by atoms with Gasteiger partial charge in [-0.1, -0.05) is 12.8 Å². The molecule has 80 valence electrons. The third kappa shape index (κ3) is 7.96. The van der Waals surface area contributed by atoms with Gasteiger partial charge in [0, 0.05) is 11.8 Å². The maximum absolute atomic E-state index is 11.2. The molecule has 1 atom stereocenters. The molecular weight excluding hydrogens is 196 g/mol. The minimum atomic E-state index is 0.00412. The third-order valence-corrected chi connectivity index (χ3v) is 2.64. The number of amides is 1. The van der Waals surface area contributed by atoms with Crippen LogP contribution >= 0.6 is 11.8 Å². The fourth-order valence-corrected chi connectivity index (χ4v) is 1.58. The van der Waals surface area contributed by atoms with E-state index >= 15 is 0 Å². The van der Waals surface area contributed by atoms with E-state index in [2.05, 4.69) is 23.5 Å². The second-order valence-corrected chi connectivity index (χ2v) is 4.25. The number of hydrogen-bond donors (Lipinski definition) is 2. The molecule has 0 aliphatic carbocycles. The van der Waals surface area contributed by atoms with E-state index in [1.54, 1.807) is 0 Å². The highest BCUT2D eigenvalue weighted by molar-refractivity contribution is 7.99. The van der Waals surface area contributed by atoms with Crippen LogP contribution in [-0.2, 0) is 4.79 Å². The van der Waals surface area contributed by atoms with Gasteiger partial charge in [-0.05, 0) is 12.7 Å². The summed E-state index contributed by atoms with van der Waals surface area (Å²) in [5.74, 6) is 4.45. The molecule has 1 unspecified atom stereocenters. The van der Waals surface area contributed by atoms with Crippen LogP contribution in [0.15, 0.2) is 0 Å². The van der Waals surface area contributed by atoms with Gasteiger partial charge in [0.25, 0.3) is 0 Å². The summed E-state index contributed by atoms with van der Waals surface area (Å²) in [6.07, 6.45) is 5.03. The lowest BCUT2D eigenvalue weighted by Gasteiger charge is -2.12. The minimum absolute atomic E-state index is 0.00412. The van der Waals surface area contributed by atoms with Gasteiger partial charge in [0.05, 0.1) is 13.1 Å².